The topological polar surface area (TPSA) is 35.3 Å². The molecule has 0 aromatic carbocycles. The molecule has 0 aliphatic heterocycles. The summed E-state index contributed by atoms with van der Waals surface area (Å²) in [6, 6.07) is 1.91. The summed E-state index contributed by atoms with van der Waals surface area (Å²) in [6.45, 7) is 5.49. The third-order valence-corrected chi connectivity index (χ3v) is 2.06. The number of aryl methyl sites for hydroxylation is 1. The van der Waals surface area contributed by atoms with Gasteiger partial charge in [-0.3, -0.25) is 0 Å². The van der Waals surface area contributed by atoms with Crippen LogP contribution in [0.15, 0.2) is 10.6 Å². The van der Waals surface area contributed by atoms with Crippen LogP contribution in [0.3, 0.4) is 0 Å². The fraction of sp³-hybridized carbons (Fsp3) is 0.727. The van der Waals surface area contributed by atoms with E-state index in [2.05, 4.69) is 12.1 Å². The molecule has 0 N–H and O–H groups in total. The molecule has 14 heavy (non-hydrogen) atoms. The average Bonchev–Trinajstić information content (AvgIpc) is 2.58. The molecule has 0 bridgehead atoms. The number of aromatic nitrogens is 1. The maximum atomic E-state index is 5.45. The van der Waals surface area contributed by atoms with E-state index < -0.39 is 0 Å². The third-order valence-electron chi connectivity index (χ3n) is 2.06. The van der Waals surface area contributed by atoms with E-state index in [1.54, 1.807) is 0 Å². The molecule has 0 radical (unpaired) electrons. The van der Waals surface area contributed by atoms with Gasteiger partial charge in [-0.25, -0.2) is 0 Å². The molecular formula is C11H19NO2. The van der Waals surface area contributed by atoms with Crippen LogP contribution in [0.1, 0.15) is 44.1 Å². The first-order valence-corrected chi connectivity index (χ1v) is 5.33. The predicted molar refractivity (Wildman–Crippen MR) is 55.0 cm³/mol. The summed E-state index contributed by atoms with van der Waals surface area (Å²) in [7, 11) is 0. The molecule has 80 valence electrons. The highest BCUT2D eigenvalue weighted by molar-refractivity contribution is 5.01. The minimum Gasteiger partial charge on any atom is -0.373 e. The van der Waals surface area contributed by atoms with Gasteiger partial charge in [-0.2, -0.15) is 0 Å². The Morgan fingerprint density at radius 1 is 1.36 bits per heavy atom. The first-order valence-electron chi connectivity index (χ1n) is 5.33. The molecule has 0 spiro atoms. The molecule has 3 heteroatoms. The zero-order valence-corrected chi connectivity index (χ0v) is 9.08. The van der Waals surface area contributed by atoms with Crippen LogP contribution in [0.2, 0.25) is 0 Å². The maximum absolute atomic E-state index is 5.45. The molecule has 0 fully saturated rings. The first-order chi connectivity index (χ1) is 6.83. The van der Waals surface area contributed by atoms with Gasteiger partial charge in [-0.1, -0.05) is 31.3 Å². The van der Waals surface area contributed by atoms with Crippen molar-refractivity contribution in [3.05, 3.63) is 17.5 Å². The Morgan fingerprint density at radius 2 is 2.21 bits per heavy atom. The van der Waals surface area contributed by atoms with Gasteiger partial charge in [0.1, 0.15) is 6.61 Å². The van der Waals surface area contributed by atoms with E-state index in [4.69, 9.17) is 9.26 Å². The SMILES string of the molecule is CCCCCCOCc1cc(C)no1. The number of unbranched alkanes of at least 4 members (excludes halogenated alkanes) is 3. The summed E-state index contributed by atoms with van der Waals surface area (Å²) >= 11 is 0. The summed E-state index contributed by atoms with van der Waals surface area (Å²) in [4.78, 5) is 0. The van der Waals surface area contributed by atoms with Crippen LogP contribution in [-0.4, -0.2) is 11.8 Å². The van der Waals surface area contributed by atoms with Crippen LogP contribution in [0.5, 0.6) is 0 Å². The second-order valence-electron chi connectivity index (χ2n) is 3.55. The van der Waals surface area contributed by atoms with Gasteiger partial charge < -0.3 is 9.26 Å². The monoisotopic (exact) mass is 197 g/mol. The van der Waals surface area contributed by atoms with Crippen molar-refractivity contribution in [2.45, 2.75) is 46.1 Å². The minimum absolute atomic E-state index is 0.549. The molecule has 0 aliphatic carbocycles. The molecule has 0 aliphatic rings. The summed E-state index contributed by atoms with van der Waals surface area (Å²) in [5.74, 6) is 0.818. The van der Waals surface area contributed by atoms with Gasteiger partial charge in [0.05, 0.1) is 5.69 Å². The van der Waals surface area contributed by atoms with E-state index in [9.17, 15) is 0 Å². The number of nitrogens with zero attached hydrogens (tertiary/aromatic N) is 1. The first kappa shape index (κ1) is 11.2. The van der Waals surface area contributed by atoms with E-state index in [-0.39, 0.29) is 0 Å². The zero-order valence-electron chi connectivity index (χ0n) is 9.08. The number of rotatable bonds is 7. The Kier molecular flexibility index (Phi) is 5.30. The van der Waals surface area contributed by atoms with Crippen LogP contribution in [0.25, 0.3) is 0 Å². The van der Waals surface area contributed by atoms with Crippen molar-refractivity contribution in [3.63, 3.8) is 0 Å². The normalized spacial score (nSPS) is 10.7. The quantitative estimate of drug-likeness (QED) is 0.630. The van der Waals surface area contributed by atoms with E-state index >= 15 is 0 Å². The summed E-state index contributed by atoms with van der Waals surface area (Å²) in [5.41, 5.74) is 0.912. The van der Waals surface area contributed by atoms with Gasteiger partial charge in [-0.15, -0.1) is 0 Å². The zero-order chi connectivity index (χ0) is 10.2. The van der Waals surface area contributed by atoms with Crippen molar-refractivity contribution in [2.75, 3.05) is 6.61 Å². The van der Waals surface area contributed by atoms with Crippen molar-refractivity contribution in [3.8, 4) is 0 Å². The minimum atomic E-state index is 0.549. The van der Waals surface area contributed by atoms with Crippen molar-refractivity contribution in [2.24, 2.45) is 0 Å². The number of ether oxygens (including phenoxy) is 1. The molecule has 0 saturated heterocycles. The van der Waals surface area contributed by atoms with Crippen LogP contribution < -0.4 is 0 Å². The lowest BCUT2D eigenvalue weighted by Crippen LogP contribution is -1.94. The fourth-order valence-corrected chi connectivity index (χ4v) is 1.29. The van der Waals surface area contributed by atoms with Crippen molar-refractivity contribution in [1.29, 1.82) is 0 Å². The summed E-state index contributed by atoms with van der Waals surface area (Å²) < 4.78 is 10.5. The Balaban J connectivity index is 1.99. The lowest BCUT2D eigenvalue weighted by molar-refractivity contribution is 0.0976. The van der Waals surface area contributed by atoms with Crippen LogP contribution in [-0.2, 0) is 11.3 Å². The molecule has 1 rings (SSSR count). The average molecular weight is 197 g/mol. The highest BCUT2D eigenvalue weighted by Gasteiger charge is 1.99. The summed E-state index contributed by atoms with van der Waals surface area (Å²) in [6.07, 6.45) is 4.96. The highest BCUT2D eigenvalue weighted by atomic mass is 16.5. The van der Waals surface area contributed by atoms with Crippen molar-refractivity contribution < 1.29 is 9.26 Å². The lowest BCUT2D eigenvalue weighted by Gasteiger charge is -2.00. The second kappa shape index (κ2) is 6.60. The predicted octanol–water partition coefficient (Wildman–Crippen LogP) is 3.08. The Hall–Kier alpha value is -0.830. The fourth-order valence-electron chi connectivity index (χ4n) is 1.29. The van der Waals surface area contributed by atoms with Crippen molar-refractivity contribution in [1.82, 2.24) is 5.16 Å². The number of hydrogen-bond donors (Lipinski definition) is 0. The Morgan fingerprint density at radius 3 is 2.86 bits per heavy atom. The Bertz CT molecular complexity index is 245. The van der Waals surface area contributed by atoms with Gasteiger partial charge >= 0.3 is 0 Å². The van der Waals surface area contributed by atoms with E-state index in [1.165, 1.54) is 19.3 Å². The van der Waals surface area contributed by atoms with E-state index in [0.717, 1.165) is 24.5 Å². The third kappa shape index (κ3) is 4.42. The van der Waals surface area contributed by atoms with Crippen LogP contribution in [0, 0.1) is 6.92 Å². The second-order valence-corrected chi connectivity index (χ2v) is 3.55. The van der Waals surface area contributed by atoms with Crippen molar-refractivity contribution >= 4 is 0 Å². The lowest BCUT2D eigenvalue weighted by atomic mass is 10.2. The molecule has 0 amide bonds. The highest BCUT2D eigenvalue weighted by Crippen LogP contribution is 2.05. The maximum Gasteiger partial charge on any atom is 0.162 e. The van der Waals surface area contributed by atoms with Gasteiger partial charge in [0, 0.05) is 12.7 Å². The summed E-state index contributed by atoms with van der Waals surface area (Å²) in [5, 5.41) is 3.79. The molecule has 0 unspecified atom stereocenters. The molecular weight excluding hydrogens is 178 g/mol. The van der Waals surface area contributed by atoms with Crippen LogP contribution >= 0.6 is 0 Å². The smallest absolute Gasteiger partial charge is 0.162 e. The molecule has 1 aromatic rings. The van der Waals surface area contributed by atoms with Gasteiger partial charge in [-0.05, 0) is 13.3 Å². The molecule has 1 heterocycles. The standard InChI is InChI=1S/C11H19NO2/c1-3-4-5-6-7-13-9-11-8-10(2)12-14-11/h8H,3-7,9H2,1-2H3. The largest absolute Gasteiger partial charge is 0.373 e. The molecule has 0 atom stereocenters. The van der Waals surface area contributed by atoms with E-state index in [1.807, 2.05) is 13.0 Å². The van der Waals surface area contributed by atoms with E-state index in [0.29, 0.717) is 6.61 Å². The molecule has 3 nitrogen and oxygen atoms in total. The van der Waals surface area contributed by atoms with Crippen LogP contribution in [0.4, 0.5) is 0 Å². The molecule has 1 aromatic heterocycles. The van der Waals surface area contributed by atoms with Gasteiger partial charge in [0.2, 0.25) is 0 Å². The van der Waals surface area contributed by atoms with Gasteiger partial charge in [0.25, 0.3) is 0 Å². The van der Waals surface area contributed by atoms with Gasteiger partial charge in [0.15, 0.2) is 5.76 Å². The molecule has 0 saturated carbocycles. The Labute approximate surface area is 85.4 Å². The number of hydrogen-bond acceptors (Lipinski definition) is 3.